The molecule has 0 atom stereocenters. The fourth-order valence-electron chi connectivity index (χ4n) is 3.32. The van der Waals surface area contributed by atoms with Gasteiger partial charge in [0, 0.05) is 38.5 Å². The van der Waals surface area contributed by atoms with Gasteiger partial charge in [-0.2, -0.15) is 0 Å². The molecular formula is C17H24ClN3O2. The van der Waals surface area contributed by atoms with Crippen molar-refractivity contribution in [3.05, 3.63) is 23.2 Å². The van der Waals surface area contributed by atoms with Crippen LogP contribution >= 0.6 is 11.6 Å². The van der Waals surface area contributed by atoms with Crippen molar-refractivity contribution in [2.45, 2.75) is 25.7 Å². The van der Waals surface area contributed by atoms with Gasteiger partial charge in [-0.15, -0.1) is 0 Å². The SMILES string of the molecule is O=C(Nc1ccc(N2CCCC2)c(Cl)c1)N1CCC(CO)CC1. The molecule has 2 heterocycles. The molecule has 2 fully saturated rings. The van der Waals surface area contributed by atoms with E-state index in [4.69, 9.17) is 16.7 Å². The molecule has 2 aliphatic heterocycles. The number of hydrogen-bond acceptors (Lipinski definition) is 3. The van der Waals surface area contributed by atoms with Crippen molar-refractivity contribution in [2.75, 3.05) is 43.0 Å². The van der Waals surface area contributed by atoms with Crippen molar-refractivity contribution >= 4 is 29.0 Å². The molecule has 0 aliphatic carbocycles. The summed E-state index contributed by atoms with van der Waals surface area (Å²) in [5.41, 5.74) is 1.78. The zero-order valence-electron chi connectivity index (χ0n) is 13.3. The summed E-state index contributed by atoms with van der Waals surface area (Å²) in [5.74, 6) is 0.327. The molecule has 3 rings (SSSR count). The van der Waals surface area contributed by atoms with Crippen molar-refractivity contribution in [2.24, 2.45) is 5.92 Å². The predicted molar refractivity (Wildman–Crippen MR) is 93.3 cm³/mol. The molecule has 1 aromatic rings. The number of carbonyl (C=O) groups is 1. The number of benzene rings is 1. The molecule has 0 aromatic heterocycles. The number of nitrogens with zero attached hydrogens (tertiary/aromatic N) is 2. The Morgan fingerprint density at radius 3 is 2.52 bits per heavy atom. The lowest BCUT2D eigenvalue weighted by molar-refractivity contribution is 0.143. The maximum atomic E-state index is 12.3. The van der Waals surface area contributed by atoms with Crippen molar-refractivity contribution in [1.29, 1.82) is 0 Å². The first-order valence-corrected chi connectivity index (χ1v) is 8.76. The van der Waals surface area contributed by atoms with E-state index < -0.39 is 0 Å². The second kappa shape index (κ2) is 7.41. The number of aliphatic hydroxyl groups is 1. The molecule has 1 aromatic carbocycles. The molecule has 2 aliphatic rings. The highest BCUT2D eigenvalue weighted by Gasteiger charge is 2.22. The lowest BCUT2D eigenvalue weighted by atomic mass is 9.98. The fraction of sp³-hybridized carbons (Fsp3) is 0.588. The summed E-state index contributed by atoms with van der Waals surface area (Å²) in [5, 5.41) is 12.8. The zero-order chi connectivity index (χ0) is 16.2. The molecule has 2 N–H and O–H groups in total. The van der Waals surface area contributed by atoms with E-state index in [1.807, 2.05) is 18.2 Å². The fourth-order valence-corrected chi connectivity index (χ4v) is 3.62. The molecule has 2 saturated heterocycles. The van der Waals surface area contributed by atoms with E-state index in [1.54, 1.807) is 4.90 Å². The van der Waals surface area contributed by atoms with Gasteiger partial charge in [0.2, 0.25) is 0 Å². The Labute approximate surface area is 142 Å². The van der Waals surface area contributed by atoms with E-state index in [0.29, 0.717) is 24.0 Å². The summed E-state index contributed by atoms with van der Waals surface area (Å²) in [7, 11) is 0. The minimum Gasteiger partial charge on any atom is -0.396 e. The second-order valence-corrected chi connectivity index (χ2v) is 6.81. The summed E-state index contributed by atoms with van der Waals surface area (Å²) >= 11 is 6.38. The number of urea groups is 1. The number of nitrogens with one attached hydrogen (secondary N) is 1. The van der Waals surface area contributed by atoms with Crippen molar-refractivity contribution < 1.29 is 9.90 Å². The monoisotopic (exact) mass is 337 g/mol. The van der Waals surface area contributed by atoms with Crippen LogP contribution in [0.15, 0.2) is 18.2 Å². The Bertz CT molecular complexity index is 553. The largest absolute Gasteiger partial charge is 0.396 e. The van der Waals surface area contributed by atoms with Crippen LogP contribution in [-0.2, 0) is 0 Å². The standard InChI is InChI=1S/C17H24ClN3O2/c18-15-11-14(3-4-16(15)20-7-1-2-8-20)19-17(23)21-9-5-13(12-22)6-10-21/h3-4,11,13,22H,1-2,5-10,12H2,(H,19,23). The highest BCUT2D eigenvalue weighted by Crippen LogP contribution is 2.31. The van der Waals surface area contributed by atoms with Crippen LogP contribution < -0.4 is 10.2 Å². The van der Waals surface area contributed by atoms with Crippen LogP contribution in [0.1, 0.15) is 25.7 Å². The van der Waals surface area contributed by atoms with Gasteiger partial charge in [0.15, 0.2) is 0 Å². The minimum atomic E-state index is -0.0913. The van der Waals surface area contributed by atoms with Gasteiger partial charge in [0.1, 0.15) is 0 Å². The molecule has 0 radical (unpaired) electrons. The number of likely N-dealkylation sites (tertiary alicyclic amines) is 1. The third-order valence-electron chi connectivity index (χ3n) is 4.81. The number of carbonyl (C=O) groups excluding carboxylic acids is 1. The quantitative estimate of drug-likeness (QED) is 0.890. The van der Waals surface area contributed by atoms with E-state index in [1.165, 1.54) is 12.8 Å². The Morgan fingerprint density at radius 2 is 1.91 bits per heavy atom. The first kappa shape index (κ1) is 16.4. The van der Waals surface area contributed by atoms with Crippen molar-refractivity contribution in [3.63, 3.8) is 0 Å². The molecule has 0 unspecified atom stereocenters. The molecule has 5 nitrogen and oxygen atoms in total. The number of halogens is 1. The van der Waals surface area contributed by atoms with Crippen molar-refractivity contribution in [3.8, 4) is 0 Å². The maximum absolute atomic E-state index is 12.3. The van der Waals surface area contributed by atoms with E-state index in [0.717, 1.165) is 37.3 Å². The van der Waals surface area contributed by atoms with Crippen LogP contribution in [0.5, 0.6) is 0 Å². The topological polar surface area (TPSA) is 55.8 Å². The van der Waals surface area contributed by atoms with Crippen LogP contribution in [0, 0.1) is 5.92 Å². The van der Waals surface area contributed by atoms with E-state index in [-0.39, 0.29) is 12.6 Å². The molecule has 6 heteroatoms. The summed E-state index contributed by atoms with van der Waals surface area (Å²) in [6.07, 6.45) is 4.13. The Morgan fingerprint density at radius 1 is 1.22 bits per heavy atom. The zero-order valence-corrected chi connectivity index (χ0v) is 14.1. The Hall–Kier alpha value is -1.46. The van der Waals surface area contributed by atoms with Crippen LogP contribution in [0.2, 0.25) is 5.02 Å². The van der Waals surface area contributed by atoms with Crippen molar-refractivity contribution in [1.82, 2.24) is 4.90 Å². The summed E-state index contributed by atoms with van der Waals surface area (Å²) < 4.78 is 0. The van der Waals surface area contributed by atoms with Gasteiger partial charge in [-0.25, -0.2) is 4.79 Å². The van der Waals surface area contributed by atoms with E-state index in [9.17, 15) is 4.79 Å². The molecule has 126 valence electrons. The van der Waals surface area contributed by atoms with Crippen LogP contribution in [0.4, 0.5) is 16.2 Å². The number of anilines is 2. The van der Waals surface area contributed by atoms with Gasteiger partial charge >= 0.3 is 6.03 Å². The number of amides is 2. The van der Waals surface area contributed by atoms with Gasteiger partial charge in [-0.05, 0) is 49.8 Å². The summed E-state index contributed by atoms with van der Waals surface area (Å²) in [4.78, 5) is 16.4. The summed E-state index contributed by atoms with van der Waals surface area (Å²) in [6.45, 7) is 3.69. The normalized spacial score (nSPS) is 19.2. The Kier molecular flexibility index (Phi) is 5.28. The average Bonchev–Trinajstić information content (AvgIpc) is 3.09. The Balaban J connectivity index is 1.59. The molecule has 23 heavy (non-hydrogen) atoms. The van der Waals surface area contributed by atoms with Crippen LogP contribution in [0.3, 0.4) is 0 Å². The third kappa shape index (κ3) is 3.90. The maximum Gasteiger partial charge on any atom is 0.321 e. The highest BCUT2D eigenvalue weighted by atomic mass is 35.5. The lowest BCUT2D eigenvalue weighted by Gasteiger charge is -2.31. The number of rotatable bonds is 3. The smallest absolute Gasteiger partial charge is 0.321 e. The van der Waals surface area contributed by atoms with E-state index in [2.05, 4.69) is 10.2 Å². The lowest BCUT2D eigenvalue weighted by Crippen LogP contribution is -2.41. The second-order valence-electron chi connectivity index (χ2n) is 6.40. The number of hydrogen-bond donors (Lipinski definition) is 2. The molecule has 0 saturated carbocycles. The minimum absolute atomic E-state index is 0.0913. The number of piperidine rings is 1. The van der Waals surface area contributed by atoms with Crippen LogP contribution in [-0.4, -0.2) is 48.8 Å². The summed E-state index contributed by atoms with van der Waals surface area (Å²) in [6, 6.07) is 5.64. The first-order valence-electron chi connectivity index (χ1n) is 8.38. The van der Waals surface area contributed by atoms with E-state index >= 15 is 0 Å². The molecule has 0 bridgehead atoms. The van der Waals surface area contributed by atoms with Gasteiger partial charge in [0.25, 0.3) is 0 Å². The first-order chi connectivity index (χ1) is 11.2. The van der Waals surface area contributed by atoms with Gasteiger partial charge in [-0.3, -0.25) is 0 Å². The highest BCUT2D eigenvalue weighted by molar-refractivity contribution is 6.33. The third-order valence-corrected chi connectivity index (χ3v) is 5.11. The average molecular weight is 338 g/mol. The van der Waals surface area contributed by atoms with Gasteiger partial charge in [0.05, 0.1) is 10.7 Å². The molecule has 2 amide bonds. The van der Waals surface area contributed by atoms with Gasteiger partial charge in [-0.1, -0.05) is 11.6 Å². The number of aliphatic hydroxyl groups excluding tert-OH is 1. The van der Waals surface area contributed by atoms with Crippen LogP contribution in [0.25, 0.3) is 0 Å². The molecular weight excluding hydrogens is 314 g/mol. The van der Waals surface area contributed by atoms with Gasteiger partial charge < -0.3 is 20.2 Å². The molecule has 0 spiro atoms. The predicted octanol–water partition coefficient (Wildman–Crippen LogP) is 3.18.